The monoisotopic (exact) mass is 461 g/mol. The molecule has 0 radical (unpaired) electrons. The van der Waals surface area contributed by atoms with E-state index in [1.54, 1.807) is 0 Å². The fraction of sp³-hybridized carbons (Fsp3) is 0.464. The minimum Gasteiger partial charge on any atom is -0.380 e. The summed E-state index contributed by atoms with van der Waals surface area (Å²) >= 11 is 0. The predicted octanol–water partition coefficient (Wildman–Crippen LogP) is 5.67. The number of hydrogen-bond donors (Lipinski definition) is 2. The van der Waals surface area contributed by atoms with Crippen LogP contribution in [0.4, 0.5) is 10.1 Å². The van der Waals surface area contributed by atoms with E-state index in [0.717, 1.165) is 56.0 Å². The fourth-order valence-corrected chi connectivity index (χ4v) is 5.75. The van der Waals surface area contributed by atoms with Crippen LogP contribution >= 0.6 is 0 Å². The van der Waals surface area contributed by atoms with E-state index in [1.807, 2.05) is 6.20 Å². The van der Waals surface area contributed by atoms with Crippen molar-refractivity contribution in [2.75, 3.05) is 31.6 Å². The Morgan fingerprint density at radius 3 is 2.88 bits per heavy atom. The Kier molecular flexibility index (Phi) is 6.59. The molecule has 2 aliphatic heterocycles. The van der Waals surface area contributed by atoms with Crippen LogP contribution in [-0.4, -0.2) is 58.2 Å². The van der Waals surface area contributed by atoms with Crippen molar-refractivity contribution in [2.45, 2.75) is 57.7 Å². The molecule has 0 amide bonds. The van der Waals surface area contributed by atoms with E-state index >= 15 is 0 Å². The molecule has 2 N–H and O–H groups in total. The van der Waals surface area contributed by atoms with Gasteiger partial charge in [0.2, 0.25) is 0 Å². The summed E-state index contributed by atoms with van der Waals surface area (Å²) in [5, 5.41) is 4.95. The molecule has 5 nitrogen and oxygen atoms in total. The Morgan fingerprint density at radius 1 is 1.26 bits per heavy atom. The lowest BCUT2D eigenvalue weighted by atomic mass is 9.89. The minimum atomic E-state index is -0.237. The van der Waals surface area contributed by atoms with E-state index in [9.17, 15) is 4.39 Å². The zero-order chi connectivity index (χ0) is 23.7. The van der Waals surface area contributed by atoms with Gasteiger partial charge in [-0.1, -0.05) is 31.7 Å². The Balaban J connectivity index is 1.41. The van der Waals surface area contributed by atoms with Gasteiger partial charge in [0.05, 0.1) is 24.3 Å². The molecule has 0 unspecified atom stereocenters. The van der Waals surface area contributed by atoms with Crippen LogP contribution in [0.25, 0.3) is 10.9 Å². The van der Waals surface area contributed by atoms with E-state index in [-0.39, 0.29) is 12.7 Å². The third-order valence-electron chi connectivity index (χ3n) is 7.46. The zero-order valence-electron chi connectivity index (χ0n) is 20.4. The molecular formula is C28H36FN5. The molecule has 5 rings (SSSR count). The number of nitrogens with one attached hydrogen (secondary N) is 2. The number of H-pyrrole nitrogens is 1. The standard InChI is InChI=1S/C28H36FN5/c1-4-19(2)34-20(3)16-24-23-8-5-6-9-25(23)32-27(24)28(34)26-11-10-21(17-30-26)31-22-12-15-33(18-22)14-7-13-29/h5-6,8-11,17,20,22,28,31-32H,2,4,7,12-16,18H2,1,3H3/t20-,22+,28-/m1/s1. The molecule has 0 bridgehead atoms. The zero-order valence-corrected chi connectivity index (χ0v) is 20.4. The lowest BCUT2D eigenvalue weighted by Gasteiger charge is -2.43. The summed E-state index contributed by atoms with van der Waals surface area (Å²) in [6.07, 6.45) is 5.58. The van der Waals surface area contributed by atoms with Gasteiger partial charge in [0.15, 0.2) is 0 Å². The lowest BCUT2D eigenvalue weighted by Crippen LogP contribution is -2.41. The van der Waals surface area contributed by atoms with Crippen molar-refractivity contribution in [3.63, 3.8) is 0 Å². The number of likely N-dealkylation sites (tertiary alicyclic amines) is 1. The van der Waals surface area contributed by atoms with Crippen LogP contribution in [0.1, 0.15) is 56.1 Å². The molecule has 1 fully saturated rings. The molecule has 180 valence electrons. The second-order valence-corrected chi connectivity index (χ2v) is 9.79. The number of aromatic amines is 1. The molecule has 34 heavy (non-hydrogen) atoms. The third kappa shape index (κ3) is 4.31. The highest BCUT2D eigenvalue weighted by Gasteiger charge is 2.36. The number of allylic oxidation sites excluding steroid dienone is 1. The Labute approximate surface area is 202 Å². The number of alkyl halides is 1. The van der Waals surface area contributed by atoms with E-state index < -0.39 is 0 Å². The van der Waals surface area contributed by atoms with Crippen LogP contribution < -0.4 is 5.32 Å². The van der Waals surface area contributed by atoms with E-state index in [1.165, 1.54) is 22.2 Å². The van der Waals surface area contributed by atoms with Crippen LogP contribution in [-0.2, 0) is 6.42 Å². The van der Waals surface area contributed by atoms with Gasteiger partial charge in [-0.3, -0.25) is 9.37 Å². The van der Waals surface area contributed by atoms with Crippen molar-refractivity contribution in [2.24, 2.45) is 0 Å². The van der Waals surface area contributed by atoms with Gasteiger partial charge in [0, 0.05) is 54.0 Å². The normalized spacial score (nSPS) is 22.8. The van der Waals surface area contributed by atoms with Crippen molar-refractivity contribution >= 4 is 16.6 Å². The summed E-state index contributed by atoms with van der Waals surface area (Å²) in [4.78, 5) is 13.5. The summed E-state index contributed by atoms with van der Waals surface area (Å²) in [6, 6.07) is 13.7. The number of para-hydroxylation sites is 1. The van der Waals surface area contributed by atoms with Gasteiger partial charge < -0.3 is 20.1 Å². The summed E-state index contributed by atoms with van der Waals surface area (Å²) in [7, 11) is 0. The van der Waals surface area contributed by atoms with Crippen molar-refractivity contribution in [1.29, 1.82) is 0 Å². The van der Waals surface area contributed by atoms with Crippen molar-refractivity contribution in [1.82, 2.24) is 19.8 Å². The molecule has 2 aromatic heterocycles. The molecule has 6 heteroatoms. The Morgan fingerprint density at radius 2 is 2.12 bits per heavy atom. The van der Waals surface area contributed by atoms with Gasteiger partial charge in [-0.05, 0) is 56.4 Å². The van der Waals surface area contributed by atoms with E-state index in [0.29, 0.717) is 18.5 Å². The summed E-state index contributed by atoms with van der Waals surface area (Å²) in [5.74, 6) is 0. The first-order chi connectivity index (χ1) is 16.6. The van der Waals surface area contributed by atoms with Crippen molar-refractivity contribution < 1.29 is 4.39 Å². The number of fused-ring (bicyclic) bond motifs is 3. The number of nitrogens with zero attached hydrogens (tertiary/aromatic N) is 3. The van der Waals surface area contributed by atoms with Crippen LogP contribution in [0.3, 0.4) is 0 Å². The van der Waals surface area contributed by atoms with Gasteiger partial charge >= 0.3 is 0 Å². The quantitative estimate of drug-likeness (QED) is 0.454. The smallest absolute Gasteiger partial charge is 0.112 e. The number of rotatable bonds is 8. The molecular weight excluding hydrogens is 425 g/mol. The third-order valence-corrected chi connectivity index (χ3v) is 7.46. The average Bonchev–Trinajstić information content (AvgIpc) is 3.46. The second-order valence-electron chi connectivity index (χ2n) is 9.79. The van der Waals surface area contributed by atoms with Crippen molar-refractivity contribution in [3.05, 3.63) is 71.8 Å². The van der Waals surface area contributed by atoms with Gasteiger partial charge in [-0.25, -0.2) is 0 Å². The number of benzene rings is 1. The summed E-state index contributed by atoms with van der Waals surface area (Å²) in [5.41, 5.74) is 7.05. The number of halogens is 1. The first-order valence-corrected chi connectivity index (χ1v) is 12.7. The first kappa shape index (κ1) is 22.9. The highest BCUT2D eigenvalue weighted by Crippen LogP contribution is 2.42. The van der Waals surface area contributed by atoms with Crippen LogP contribution in [0, 0.1) is 0 Å². The largest absolute Gasteiger partial charge is 0.380 e. The average molecular weight is 462 g/mol. The number of hydrogen-bond acceptors (Lipinski definition) is 4. The maximum absolute atomic E-state index is 12.5. The predicted molar refractivity (Wildman–Crippen MR) is 138 cm³/mol. The fourth-order valence-electron chi connectivity index (χ4n) is 5.75. The Bertz CT molecular complexity index is 1140. The number of anilines is 1. The molecule has 1 aromatic carbocycles. The Hall–Kier alpha value is -2.86. The van der Waals surface area contributed by atoms with Gasteiger partial charge in [0.1, 0.15) is 6.04 Å². The van der Waals surface area contributed by atoms with Crippen LogP contribution in [0.15, 0.2) is 54.9 Å². The highest BCUT2D eigenvalue weighted by atomic mass is 19.1. The molecule has 3 aromatic rings. The van der Waals surface area contributed by atoms with Crippen LogP contribution in [0.2, 0.25) is 0 Å². The second kappa shape index (κ2) is 9.79. The van der Waals surface area contributed by atoms with Gasteiger partial charge in [0.25, 0.3) is 0 Å². The molecule has 4 heterocycles. The molecule has 0 saturated carbocycles. The molecule has 2 aliphatic rings. The van der Waals surface area contributed by atoms with Crippen molar-refractivity contribution in [3.8, 4) is 0 Å². The first-order valence-electron chi connectivity index (χ1n) is 12.7. The topological polar surface area (TPSA) is 47.2 Å². The molecule has 3 atom stereocenters. The maximum atomic E-state index is 12.5. The maximum Gasteiger partial charge on any atom is 0.112 e. The van der Waals surface area contributed by atoms with Gasteiger partial charge in [-0.2, -0.15) is 0 Å². The van der Waals surface area contributed by atoms with Crippen LogP contribution in [0.5, 0.6) is 0 Å². The molecule has 1 saturated heterocycles. The summed E-state index contributed by atoms with van der Waals surface area (Å²) < 4.78 is 12.5. The lowest BCUT2D eigenvalue weighted by molar-refractivity contribution is 0.193. The van der Waals surface area contributed by atoms with E-state index in [2.05, 4.69) is 76.9 Å². The van der Waals surface area contributed by atoms with E-state index in [4.69, 9.17) is 4.98 Å². The SMILES string of the molecule is C=C(CC)N1[C@H](c2ccc(N[C@H]3CCN(CCCF)C3)cn2)c2[nH]c3ccccc3c2C[C@H]1C. The summed E-state index contributed by atoms with van der Waals surface area (Å²) in [6.45, 7) is 11.5. The highest BCUT2D eigenvalue weighted by molar-refractivity contribution is 5.85. The van der Waals surface area contributed by atoms with Gasteiger partial charge in [-0.15, -0.1) is 0 Å². The molecule has 0 spiro atoms. The molecule has 0 aliphatic carbocycles. The number of aromatic nitrogens is 2. The number of pyridine rings is 1. The minimum absolute atomic E-state index is 0.0234.